The molecule has 0 saturated carbocycles. The van der Waals surface area contributed by atoms with Crippen LogP contribution in [-0.2, 0) is 11.3 Å². The minimum absolute atomic E-state index is 0.270. The third-order valence-electron chi connectivity index (χ3n) is 4.37. The number of ether oxygens (including phenoxy) is 1. The minimum Gasteiger partial charge on any atom is -0.453 e. The maximum Gasteiger partial charge on any atom is 0.411 e. The maximum atomic E-state index is 13.3. The zero-order valence-electron chi connectivity index (χ0n) is 15.5. The summed E-state index contributed by atoms with van der Waals surface area (Å²) in [6.07, 6.45) is 1.02. The van der Waals surface area contributed by atoms with Gasteiger partial charge >= 0.3 is 6.09 Å². The van der Waals surface area contributed by atoms with Crippen LogP contribution in [0.2, 0.25) is 0 Å². The van der Waals surface area contributed by atoms with E-state index in [1.807, 2.05) is 17.5 Å². The fourth-order valence-corrected chi connectivity index (χ4v) is 3.83. The summed E-state index contributed by atoms with van der Waals surface area (Å²) in [6.45, 7) is 0.545. The van der Waals surface area contributed by atoms with E-state index in [2.05, 4.69) is 25.3 Å². The third kappa shape index (κ3) is 4.17. The van der Waals surface area contributed by atoms with Crippen LogP contribution in [0.15, 0.2) is 60.2 Å². The Morgan fingerprint density at radius 1 is 1.10 bits per heavy atom. The number of nitrogens with one attached hydrogen (secondary N) is 2. The summed E-state index contributed by atoms with van der Waals surface area (Å²) < 4.78 is 17.9. The van der Waals surface area contributed by atoms with Crippen LogP contribution < -0.4 is 10.6 Å². The number of carbonyl (C=O) groups excluding carboxylic acids is 1. The molecule has 4 aromatic rings. The lowest BCUT2D eigenvalue weighted by atomic mass is 10.1. The van der Waals surface area contributed by atoms with Crippen molar-refractivity contribution in [1.29, 1.82) is 0 Å². The predicted molar refractivity (Wildman–Crippen MR) is 113 cm³/mol. The van der Waals surface area contributed by atoms with Gasteiger partial charge in [0.05, 0.1) is 12.5 Å². The Hall–Kier alpha value is -3.52. The largest absolute Gasteiger partial charge is 0.453 e. The summed E-state index contributed by atoms with van der Waals surface area (Å²) in [7, 11) is 1.32. The van der Waals surface area contributed by atoms with Crippen molar-refractivity contribution in [2.45, 2.75) is 6.54 Å². The number of rotatable bonds is 5. The van der Waals surface area contributed by atoms with Gasteiger partial charge in [-0.25, -0.2) is 19.2 Å². The molecule has 0 bridgehead atoms. The molecule has 2 N–H and O–H groups in total. The van der Waals surface area contributed by atoms with Crippen LogP contribution in [0.1, 0.15) is 5.56 Å². The molecule has 4 rings (SSSR count). The standard InChI is InChI=1S/C21H17FN4O2S/c1-28-21(27)26-16-8-2-13(3-9-16)10-23-19-18-17(11-29-20(18)25-12-24-19)14-4-6-15(22)7-5-14/h2-9,11-12H,10H2,1H3,(H,26,27)(H,23,24,25). The van der Waals surface area contributed by atoms with Crippen molar-refractivity contribution in [3.8, 4) is 11.1 Å². The molecule has 6 nitrogen and oxygen atoms in total. The summed E-state index contributed by atoms with van der Waals surface area (Å²) in [6, 6.07) is 13.8. The second-order valence-corrected chi connectivity index (χ2v) is 7.08. The van der Waals surface area contributed by atoms with Crippen molar-refractivity contribution in [2.24, 2.45) is 0 Å². The third-order valence-corrected chi connectivity index (χ3v) is 5.26. The molecular formula is C21H17FN4O2S. The number of methoxy groups -OCH3 is 1. The Morgan fingerprint density at radius 2 is 1.86 bits per heavy atom. The fraction of sp³-hybridized carbons (Fsp3) is 0.0952. The highest BCUT2D eigenvalue weighted by Gasteiger charge is 2.13. The summed E-state index contributed by atoms with van der Waals surface area (Å²) in [5.74, 6) is 0.445. The lowest BCUT2D eigenvalue weighted by Crippen LogP contribution is -2.10. The summed E-state index contributed by atoms with van der Waals surface area (Å²) in [5.41, 5.74) is 3.55. The zero-order chi connectivity index (χ0) is 20.2. The molecule has 0 radical (unpaired) electrons. The van der Waals surface area contributed by atoms with E-state index in [1.165, 1.54) is 36.9 Å². The maximum absolute atomic E-state index is 13.3. The van der Waals surface area contributed by atoms with Crippen LogP contribution in [0.4, 0.5) is 20.7 Å². The highest BCUT2D eigenvalue weighted by Crippen LogP contribution is 2.36. The second-order valence-electron chi connectivity index (χ2n) is 6.23. The van der Waals surface area contributed by atoms with Crippen LogP contribution in [0.5, 0.6) is 0 Å². The molecule has 0 fully saturated rings. The fourth-order valence-electron chi connectivity index (χ4n) is 2.91. The van der Waals surface area contributed by atoms with E-state index in [4.69, 9.17) is 0 Å². The number of amides is 1. The second kappa shape index (κ2) is 8.24. The van der Waals surface area contributed by atoms with Gasteiger partial charge in [0.2, 0.25) is 0 Å². The molecule has 146 valence electrons. The molecule has 0 aliphatic heterocycles. The number of nitrogens with zero attached hydrogens (tertiary/aromatic N) is 2. The Kier molecular flexibility index (Phi) is 5.35. The van der Waals surface area contributed by atoms with E-state index in [0.717, 1.165) is 26.9 Å². The first-order valence-electron chi connectivity index (χ1n) is 8.80. The molecule has 0 unspecified atom stereocenters. The van der Waals surface area contributed by atoms with Crippen LogP contribution in [0.3, 0.4) is 0 Å². The van der Waals surface area contributed by atoms with Crippen molar-refractivity contribution < 1.29 is 13.9 Å². The molecule has 0 spiro atoms. The van der Waals surface area contributed by atoms with E-state index in [9.17, 15) is 9.18 Å². The first-order chi connectivity index (χ1) is 14.1. The van der Waals surface area contributed by atoms with Gasteiger partial charge in [0.25, 0.3) is 0 Å². The van der Waals surface area contributed by atoms with Gasteiger partial charge in [-0.3, -0.25) is 5.32 Å². The predicted octanol–water partition coefficient (Wildman–Crippen LogP) is 5.29. The van der Waals surface area contributed by atoms with Gasteiger partial charge in [-0.2, -0.15) is 0 Å². The normalized spacial score (nSPS) is 10.7. The van der Waals surface area contributed by atoms with E-state index < -0.39 is 6.09 Å². The highest BCUT2D eigenvalue weighted by molar-refractivity contribution is 7.17. The molecule has 0 saturated heterocycles. The van der Waals surface area contributed by atoms with Crippen molar-refractivity contribution in [2.75, 3.05) is 17.7 Å². The lowest BCUT2D eigenvalue weighted by Gasteiger charge is -2.09. The number of hydrogen-bond acceptors (Lipinski definition) is 6. The number of halogens is 1. The average Bonchev–Trinajstić information content (AvgIpc) is 3.18. The monoisotopic (exact) mass is 408 g/mol. The molecule has 0 aliphatic rings. The Bertz CT molecular complexity index is 1140. The van der Waals surface area contributed by atoms with Gasteiger partial charge in [-0.1, -0.05) is 24.3 Å². The SMILES string of the molecule is COC(=O)Nc1ccc(CNc2ncnc3scc(-c4ccc(F)cc4)c23)cc1. The first kappa shape index (κ1) is 18.8. The average molecular weight is 408 g/mol. The van der Waals surface area contributed by atoms with Gasteiger partial charge in [-0.05, 0) is 35.4 Å². The number of benzene rings is 2. The summed E-state index contributed by atoms with van der Waals surface area (Å²) in [4.78, 5) is 20.9. The molecular weight excluding hydrogens is 391 g/mol. The number of carbonyl (C=O) groups is 1. The number of hydrogen-bond donors (Lipinski definition) is 2. The van der Waals surface area contributed by atoms with Gasteiger partial charge in [-0.15, -0.1) is 11.3 Å². The molecule has 29 heavy (non-hydrogen) atoms. The first-order valence-corrected chi connectivity index (χ1v) is 9.68. The number of thiophene rings is 1. The van der Waals surface area contributed by atoms with Gasteiger partial charge in [0, 0.05) is 23.2 Å². The molecule has 2 aromatic heterocycles. The summed E-state index contributed by atoms with van der Waals surface area (Å²) >= 11 is 1.52. The van der Waals surface area contributed by atoms with E-state index in [0.29, 0.717) is 18.1 Å². The van der Waals surface area contributed by atoms with Crippen molar-refractivity contribution in [1.82, 2.24) is 9.97 Å². The lowest BCUT2D eigenvalue weighted by molar-refractivity contribution is 0.187. The Balaban J connectivity index is 1.56. The number of aromatic nitrogens is 2. The smallest absolute Gasteiger partial charge is 0.411 e. The molecule has 1 amide bonds. The van der Waals surface area contributed by atoms with Gasteiger partial charge < -0.3 is 10.1 Å². The van der Waals surface area contributed by atoms with Crippen molar-refractivity contribution in [3.05, 3.63) is 71.6 Å². The van der Waals surface area contributed by atoms with Gasteiger partial charge in [0.15, 0.2) is 0 Å². The minimum atomic E-state index is -0.509. The Labute approximate surface area is 170 Å². The topological polar surface area (TPSA) is 76.1 Å². The van der Waals surface area contributed by atoms with E-state index in [1.54, 1.807) is 24.3 Å². The molecule has 2 heterocycles. The molecule has 2 aromatic carbocycles. The van der Waals surface area contributed by atoms with E-state index in [-0.39, 0.29) is 5.82 Å². The van der Waals surface area contributed by atoms with Crippen LogP contribution in [0.25, 0.3) is 21.3 Å². The molecule has 0 aliphatic carbocycles. The van der Waals surface area contributed by atoms with E-state index >= 15 is 0 Å². The molecule has 0 atom stereocenters. The van der Waals surface area contributed by atoms with Crippen molar-refractivity contribution >= 4 is 39.2 Å². The summed E-state index contributed by atoms with van der Waals surface area (Å²) in [5, 5.41) is 8.88. The molecule has 8 heteroatoms. The van der Waals surface area contributed by atoms with Crippen molar-refractivity contribution in [3.63, 3.8) is 0 Å². The van der Waals surface area contributed by atoms with Gasteiger partial charge in [0.1, 0.15) is 22.8 Å². The number of anilines is 2. The Morgan fingerprint density at radius 3 is 2.59 bits per heavy atom. The zero-order valence-corrected chi connectivity index (χ0v) is 16.3. The quantitative estimate of drug-likeness (QED) is 0.469. The van der Waals surface area contributed by atoms with Crippen LogP contribution in [0, 0.1) is 5.82 Å². The van der Waals surface area contributed by atoms with Crippen LogP contribution in [-0.4, -0.2) is 23.2 Å². The van der Waals surface area contributed by atoms with Crippen LogP contribution >= 0.6 is 11.3 Å². The highest BCUT2D eigenvalue weighted by atomic mass is 32.1. The number of fused-ring (bicyclic) bond motifs is 1.